The van der Waals surface area contributed by atoms with Gasteiger partial charge in [0, 0.05) is 29.2 Å². The first-order valence-electron chi connectivity index (χ1n) is 9.12. The van der Waals surface area contributed by atoms with Crippen LogP contribution in [0.25, 0.3) is 21.8 Å². The summed E-state index contributed by atoms with van der Waals surface area (Å²) in [5, 5.41) is 12.9. The van der Waals surface area contributed by atoms with Gasteiger partial charge in [0.05, 0.1) is 16.0 Å². The number of rotatable bonds is 3. The molecule has 0 aliphatic carbocycles. The summed E-state index contributed by atoms with van der Waals surface area (Å²) in [4.78, 5) is 22.7. The summed E-state index contributed by atoms with van der Waals surface area (Å²) in [7, 11) is 0. The van der Waals surface area contributed by atoms with Gasteiger partial charge in [0.15, 0.2) is 0 Å². The number of nitrogens with zero attached hydrogens (tertiary/aromatic N) is 4. The van der Waals surface area contributed by atoms with Crippen LogP contribution in [0.3, 0.4) is 0 Å². The molecule has 7 heteroatoms. The van der Waals surface area contributed by atoms with Crippen LogP contribution in [0.4, 0.5) is 5.69 Å². The molecule has 2 aromatic heterocycles. The highest BCUT2D eigenvalue weighted by molar-refractivity contribution is 5.85. The van der Waals surface area contributed by atoms with Crippen LogP contribution < -0.4 is 4.74 Å². The predicted molar refractivity (Wildman–Crippen MR) is 114 cm³/mol. The third-order valence-electron chi connectivity index (χ3n) is 4.30. The van der Waals surface area contributed by atoms with Crippen molar-refractivity contribution in [1.82, 2.24) is 15.0 Å². The normalized spacial score (nSPS) is 10.3. The monoisotopic (exact) mass is 396 g/mol. The summed E-state index contributed by atoms with van der Waals surface area (Å²) in [5.74, 6) is 0.763. The van der Waals surface area contributed by atoms with Crippen molar-refractivity contribution in [3.05, 3.63) is 108 Å². The molecule has 0 bridgehead atoms. The van der Waals surface area contributed by atoms with Crippen LogP contribution in [0.2, 0.25) is 0 Å². The summed E-state index contributed by atoms with van der Waals surface area (Å²) in [6.07, 6.45) is 4.98. The zero-order valence-corrected chi connectivity index (χ0v) is 15.8. The number of nitro benzene ring substituents is 1. The summed E-state index contributed by atoms with van der Waals surface area (Å²) in [5.41, 5.74) is 1.72. The van der Waals surface area contributed by atoms with E-state index in [9.17, 15) is 10.1 Å². The van der Waals surface area contributed by atoms with Gasteiger partial charge in [-0.3, -0.25) is 15.1 Å². The Labute approximate surface area is 171 Å². The van der Waals surface area contributed by atoms with Crippen molar-refractivity contribution in [2.45, 2.75) is 0 Å². The fourth-order valence-electron chi connectivity index (χ4n) is 2.89. The van der Waals surface area contributed by atoms with Gasteiger partial charge in [-0.15, -0.1) is 0 Å². The molecular formula is C23H16N4O3. The summed E-state index contributed by atoms with van der Waals surface area (Å²) in [6, 6.07) is 23.4. The highest BCUT2D eigenvalue weighted by Crippen LogP contribution is 2.33. The lowest BCUT2D eigenvalue weighted by Gasteiger charge is -2.08. The first-order chi connectivity index (χ1) is 14.7. The number of benzene rings is 3. The zero-order chi connectivity index (χ0) is 20.8. The molecule has 0 aliphatic rings. The van der Waals surface area contributed by atoms with Crippen LogP contribution in [0.15, 0.2) is 97.6 Å². The molecule has 3 aromatic carbocycles. The van der Waals surface area contributed by atoms with Gasteiger partial charge in [0.2, 0.25) is 5.75 Å². The van der Waals surface area contributed by atoms with E-state index in [1.165, 1.54) is 6.07 Å². The molecule has 0 radical (unpaired) electrons. The second-order valence-electron chi connectivity index (χ2n) is 6.23. The number of aromatic nitrogens is 3. The maximum atomic E-state index is 11.0. The van der Waals surface area contributed by atoms with Gasteiger partial charge < -0.3 is 4.74 Å². The van der Waals surface area contributed by atoms with Gasteiger partial charge >= 0.3 is 5.69 Å². The molecule has 146 valence electrons. The fraction of sp³-hybridized carbons (Fsp3) is 0. The lowest BCUT2D eigenvalue weighted by molar-refractivity contribution is -0.385. The van der Waals surface area contributed by atoms with Crippen molar-refractivity contribution in [3.8, 4) is 11.5 Å². The summed E-state index contributed by atoms with van der Waals surface area (Å²) in [6.45, 7) is 0. The van der Waals surface area contributed by atoms with E-state index < -0.39 is 4.92 Å². The van der Waals surface area contributed by atoms with E-state index in [2.05, 4.69) is 15.0 Å². The Kier molecular flexibility index (Phi) is 5.52. The average molecular weight is 396 g/mol. The highest BCUT2D eigenvalue weighted by Gasteiger charge is 2.15. The molecule has 0 unspecified atom stereocenters. The largest absolute Gasteiger partial charge is 0.449 e. The predicted octanol–water partition coefficient (Wildman–Crippen LogP) is 5.57. The lowest BCUT2D eigenvalue weighted by Crippen LogP contribution is -1.93. The van der Waals surface area contributed by atoms with Crippen molar-refractivity contribution >= 4 is 27.5 Å². The SMILES string of the molecule is O=[N+]([O-])c1ccccc1Oc1ccnc2ccccc12.c1ccc2ncncc2c1. The van der Waals surface area contributed by atoms with Crippen molar-refractivity contribution in [2.24, 2.45) is 0 Å². The number of hydrogen-bond acceptors (Lipinski definition) is 6. The lowest BCUT2D eigenvalue weighted by atomic mass is 10.2. The Bertz CT molecular complexity index is 1250. The van der Waals surface area contributed by atoms with Crippen LogP contribution in [0.5, 0.6) is 11.5 Å². The Morgan fingerprint density at radius 1 is 0.767 bits per heavy atom. The molecule has 0 fully saturated rings. The van der Waals surface area contributed by atoms with Crippen LogP contribution in [-0.4, -0.2) is 19.9 Å². The molecule has 2 heterocycles. The maximum Gasteiger partial charge on any atom is 0.311 e. The number of para-hydroxylation sites is 4. The van der Waals surface area contributed by atoms with Crippen LogP contribution in [0, 0.1) is 10.1 Å². The van der Waals surface area contributed by atoms with Gasteiger partial charge in [0.25, 0.3) is 0 Å². The number of ether oxygens (including phenoxy) is 1. The van der Waals surface area contributed by atoms with Crippen LogP contribution in [-0.2, 0) is 0 Å². The molecule has 0 amide bonds. The minimum absolute atomic E-state index is 0.0617. The molecule has 0 N–H and O–H groups in total. The van der Waals surface area contributed by atoms with Crippen LogP contribution in [0.1, 0.15) is 0 Å². The Balaban J connectivity index is 0.000000181. The van der Waals surface area contributed by atoms with E-state index in [0.717, 1.165) is 21.8 Å². The van der Waals surface area contributed by atoms with Crippen molar-refractivity contribution in [3.63, 3.8) is 0 Å². The second-order valence-corrected chi connectivity index (χ2v) is 6.23. The Hall–Kier alpha value is -4.39. The second kappa shape index (κ2) is 8.74. The third-order valence-corrected chi connectivity index (χ3v) is 4.30. The zero-order valence-electron chi connectivity index (χ0n) is 15.8. The van der Waals surface area contributed by atoms with E-state index in [1.807, 2.05) is 54.7 Å². The Morgan fingerprint density at radius 3 is 2.33 bits per heavy atom. The van der Waals surface area contributed by atoms with Gasteiger partial charge in [-0.05, 0) is 30.3 Å². The fourth-order valence-corrected chi connectivity index (χ4v) is 2.89. The number of nitro groups is 1. The number of pyridine rings is 1. The molecule has 0 spiro atoms. The van der Waals surface area contributed by atoms with E-state index in [0.29, 0.717) is 5.75 Å². The van der Waals surface area contributed by atoms with E-state index >= 15 is 0 Å². The average Bonchev–Trinajstić information content (AvgIpc) is 2.80. The molecule has 7 nitrogen and oxygen atoms in total. The smallest absolute Gasteiger partial charge is 0.311 e. The van der Waals surface area contributed by atoms with Gasteiger partial charge in [-0.1, -0.05) is 42.5 Å². The number of hydrogen-bond donors (Lipinski definition) is 0. The van der Waals surface area contributed by atoms with E-state index in [-0.39, 0.29) is 11.4 Å². The molecule has 0 atom stereocenters. The third kappa shape index (κ3) is 4.20. The topological polar surface area (TPSA) is 91.0 Å². The minimum Gasteiger partial charge on any atom is -0.449 e. The number of fused-ring (bicyclic) bond motifs is 2. The van der Waals surface area contributed by atoms with Crippen molar-refractivity contribution in [1.29, 1.82) is 0 Å². The molecule has 0 saturated heterocycles. The minimum atomic E-state index is -0.460. The first-order valence-corrected chi connectivity index (χ1v) is 9.12. The van der Waals surface area contributed by atoms with Gasteiger partial charge in [0.1, 0.15) is 12.1 Å². The van der Waals surface area contributed by atoms with Crippen molar-refractivity contribution in [2.75, 3.05) is 0 Å². The molecule has 0 aliphatic heterocycles. The van der Waals surface area contributed by atoms with E-state index in [4.69, 9.17) is 4.74 Å². The quantitative estimate of drug-likeness (QED) is 0.293. The van der Waals surface area contributed by atoms with Crippen LogP contribution >= 0.6 is 0 Å². The van der Waals surface area contributed by atoms with Gasteiger partial charge in [-0.2, -0.15) is 0 Å². The summed E-state index contributed by atoms with van der Waals surface area (Å²) >= 11 is 0. The van der Waals surface area contributed by atoms with Crippen molar-refractivity contribution < 1.29 is 9.66 Å². The highest BCUT2D eigenvalue weighted by atomic mass is 16.6. The standard InChI is InChI=1S/C15H10N2O3.C8H6N2/c18-17(19)13-7-3-4-8-15(13)20-14-9-10-16-12-6-2-1-5-11(12)14;1-2-4-8-7(3-1)5-9-6-10-8/h1-10H;1-6H. The molecule has 5 rings (SSSR count). The molecule has 0 saturated carbocycles. The molecular weight excluding hydrogens is 380 g/mol. The van der Waals surface area contributed by atoms with Gasteiger partial charge in [-0.25, -0.2) is 9.97 Å². The summed E-state index contributed by atoms with van der Waals surface area (Å²) < 4.78 is 5.70. The Morgan fingerprint density at radius 2 is 1.50 bits per heavy atom. The first kappa shape index (κ1) is 18.9. The molecule has 5 aromatic rings. The molecule has 30 heavy (non-hydrogen) atoms. The van der Waals surface area contributed by atoms with E-state index in [1.54, 1.807) is 36.8 Å². The maximum absolute atomic E-state index is 11.0.